The Kier molecular flexibility index (Phi) is 6.51. The molecule has 3 N–H and O–H groups in total. The summed E-state index contributed by atoms with van der Waals surface area (Å²) in [7, 11) is 0. The van der Waals surface area contributed by atoms with Crippen molar-refractivity contribution >= 4 is 17.4 Å². The Balaban J connectivity index is 1.52. The van der Waals surface area contributed by atoms with E-state index in [0.29, 0.717) is 23.9 Å². The summed E-state index contributed by atoms with van der Waals surface area (Å²) in [6.07, 6.45) is 6.63. The number of imidazole rings is 1. The highest BCUT2D eigenvalue weighted by Gasteiger charge is 2.23. The van der Waals surface area contributed by atoms with Gasteiger partial charge in [-0.2, -0.15) is 0 Å². The number of rotatable bonds is 9. The minimum absolute atomic E-state index is 0.0199. The molecule has 1 amide bonds. The van der Waals surface area contributed by atoms with Gasteiger partial charge >= 0.3 is 0 Å². The second-order valence-electron chi connectivity index (χ2n) is 9.58. The Morgan fingerprint density at radius 3 is 2.46 bits per heavy atom. The molecule has 0 saturated heterocycles. The number of hydrogen-bond donors (Lipinski definition) is 3. The van der Waals surface area contributed by atoms with Crippen LogP contribution >= 0.6 is 0 Å². The molecule has 180 valence electrons. The van der Waals surface area contributed by atoms with E-state index in [4.69, 9.17) is 4.98 Å². The maximum atomic E-state index is 12.4. The number of nitrogens with zero attached hydrogens (tertiary/aromatic N) is 3. The number of fused-ring (bicyclic) bond motifs is 1. The molecule has 5 rings (SSSR count). The molecule has 35 heavy (non-hydrogen) atoms. The first-order chi connectivity index (χ1) is 17.0. The molecule has 0 unspecified atom stereocenters. The fourth-order valence-electron chi connectivity index (χ4n) is 4.02. The third-order valence-electron chi connectivity index (χ3n) is 6.18. The van der Waals surface area contributed by atoms with Crippen LogP contribution in [0, 0.1) is 5.92 Å². The molecule has 1 fully saturated rings. The first-order valence-electron chi connectivity index (χ1n) is 12.3. The Hall–Kier alpha value is -3.71. The normalized spacial score (nSPS) is 13.4. The van der Waals surface area contributed by atoms with Crippen LogP contribution in [0.2, 0.25) is 0 Å². The Morgan fingerprint density at radius 2 is 1.80 bits per heavy atom. The van der Waals surface area contributed by atoms with Gasteiger partial charge in [-0.05, 0) is 42.9 Å². The van der Waals surface area contributed by atoms with Crippen LogP contribution in [-0.2, 0) is 6.42 Å². The monoisotopic (exact) mass is 469 g/mol. The van der Waals surface area contributed by atoms with Crippen LogP contribution in [0.15, 0.2) is 60.9 Å². The van der Waals surface area contributed by atoms with Crippen molar-refractivity contribution in [2.45, 2.75) is 39.2 Å². The van der Waals surface area contributed by atoms with Crippen molar-refractivity contribution < 1.29 is 9.90 Å². The van der Waals surface area contributed by atoms with E-state index in [-0.39, 0.29) is 12.5 Å². The molecular weight excluding hydrogens is 438 g/mol. The minimum atomic E-state index is -0.0199. The highest BCUT2D eigenvalue weighted by molar-refractivity contribution is 5.95. The summed E-state index contributed by atoms with van der Waals surface area (Å²) in [5, 5.41) is 15.7. The lowest BCUT2D eigenvalue weighted by molar-refractivity contribution is 0.0951. The molecule has 0 radical (unpaired) electrons. The molecule has 1 saturated carbocycles. The number of hydrogen-bond acceptors (Lipinski definition) is 5. The highest BCUT2D eigenvalue weighted by atomic mass is 16.3. The van der Waals surface area contributed by atoms with Crippen molar-refractivity contribution in [3.8, 4) is 22.5 Å². The Bertz CT molecular complexity index is 1320. The van der Waals surface area contributed by atoms with Gasteiger partial charge in [-0.15, -0.1) is 0 Å². The van der Waals surface area contributed by atoms with Crippen molar-refractivity contribution in [2.24, 2.45) is 5.92 Å². The predicted molar refractivity (Wildman–Crippen MR) is 138 cm³/mol. The standard InChI is InChI=1S/C28H31N5O2/c1-18(2)15-29-26-27-30-16-25(21-7-9-22(10-8-21)28(35)31-23-11-12-23)33(27)17-24(32-26)20-5-3-19(4-6-20)13-14-34/h3-10,16-18,23,34H,11-15H2,1-2H3,(H,29,32)(H,31,35). The van der Waals surface area contributed by atoms with Gasteiger partial charge in [-0.3, -0.25) is 9.20 Å². The summed E-state index contributed by atoms with van der Waals surface area (Å²) in [5.74, 6) is 1.18. The van der Waals surface area contributed by atoms with Crippen molar-refractivity contribution in [1.29, 1.82) is 0 Å². The molecule has 2 aromatic carbocycles. The highest BCUT2D eigenvalue weighted by Crippen LogP contribution is 2.28. The molecule has 2 heterocycles. The quantitative estimate of drug-likeness (QED) is 0.334. The van der Waals surface area contributed by atoms with Crippen molar-refractivity contribution in [3.63, 3.8) is 0 Å². The maximum absolute atomic E-state index is 12.4. The first kappa shape index (κ1) is 23.1. The van der Waals surface area contributed by atoms with Crippen LogP contribution in [0.25, 0.3) is 28.2 Å². The molecule has 2 aromatic heterocycles. The van der Waals surface area contributed by atoms with Crippen LogP contribution in [0.1, 0.15) is 42.6 Å². The fraction of sp³-hybridized carbons (Fsp3) is 0.321. The number of aliphatic hydroxyl groups is 1. The minimum Gasteiger partial charge on any atom is -0.396 e. The second kappa shape index (κ2) is 9.88. The van der Waals surface area contributed by atoms with Gasteiger partial charge in [-0.25, -0.2) is 9.97 Å². The van der Waals surface area contributed by atoms with Crippen LogP contribution in [-0.4, -0.2) is 44.6 Å². The zero-order chi connectivity index (χ0) is 24.4. The van der Waals surface area contributed by atoms with E-state index >= 15 is 0 Å². The molecule has 1 aliphatic carbocycles. The number of aliphatic hydroxyl groups excluding tert-OH is 1. The van der Waals surface area contributed by atoms with Gasteiger partial charge < -0.3 is 15.7 Å². The third kappa shape index (κ3) is 5.20. The van der Waals surface area contributed by atoms with E-state index in [0.717, 1.165) is 58.9 Å². The third-order valence-corrected chi connectivity index (χ3v) is 6.18. The Labute approximate surface area is 205 Å². The predicted octanol–water partition coefficient (Wildman–Crippen LogP) is 4.56. The van der Waals surface area contributed by atoms with Gasteiger partial charge in [0, 0.05) is 42.1 Å². The summed E-state index contributed by atoms with van der Waals surface area (Å²) < 4.78 is 2.06. The van der Waals surface area contributed by atoms with Crippen molar-refractivity contribution in [2.75, 3.05) is 18.5 Å². The molecular formula is C28H31N5O2. The molecule has 0 aliphatic heterocycles. The summed E-state index contributed by atoms with van der Waals surface area (Å²) in [6.45, 7) is 5.23. The largest absolute Gasteiger partial charge is 0.396 e. The Morgan fingerprint density at radius 1 is 1.09 bits per heavy atom. The number of carbonyl (C=O) groups excluding carboxylic acids is 1. The van der Waals surface area contributed by atoms with Gasteiger partial charge in [0.2, 0.25) is 0 Å². The van der Waals surface area contributed by atoms with Crippen LogP contribution < -0.4 is 10.6 Å². The zero-order valence-corrected chi connectivity index (χ0v) is 20.2. The molecule has 0 spiro atoms. The molecule has 1 aliphatic rings. The summed E-state index contributed by atoms with van der Waals surface area (Å²) in [4.78, 5) is 22.0. The van der Waals surface area contributed by atoms with Gasteiger partial charge in [-0.1, -0.05) is 50.2 Å². The lowest BCUT2D eigenvalue weighted by atomic mass is 10.1. The van der Waals surface area contributed by atoms with Gasteiger partial charge in [0.05, 0.1) is 17.6 Å². The van der Waals surface area contributed by atoms with Gasteiger partial charge in [0.25, 0.3) is 5.91 Å². The lowest BCUT2D eigenvalue weighted by Crippen LogP contribution is -2.25. The smallest absolute Gasteiger partial charge is 0.251 e. The van der Waals surface area contributed by atoms with E-state index < -0.39 is 0 Å². The van der Waals surface area contributed by atoms with Crippen LogP contribution in [0.3, 0.4) is 0 Å². The average Bonchev–Trinajstić information content (AvgIpc) is 3.58. The van der Waals surface area contributed by atoms with E-state index in [2.05, 4.69) is 33.9 Å². The second-order valence-corrected chi connectivity index (χ2v) is 9.58. The van der Waals surface area contributed by atoms with Crippen molar-refractivity contribution in [1.82, 2.24) is 19.7 Å². The van der Waals surface area contributed by atoms with Crippen molar-refractivity contribution in [3.05, 3.63) is 72.1 Å². The van der Waals surface area contributed by atoms with E-state index in [1.165, 1.54) is 0 Å². The van der Waals surface area contributed by atoms with E-state index in [1.54, 1.807) is 0 Å². The number of aromatic nitrogens is 3. The SMILES string of the molecule is CC(C)CNc1nc(-c2ccc(CCO)cc2)cn2c(-c3ccc(C(=O)NC4CC4)cc3)cnc12. The maximum Gasteiger partial charge on any atom is 0.251 e. The average molecular weight is 470 g/mol. The molecule has 0 bridgehead atoms. The van der Waals surface area contributed by atoms with Gasteiger partial charge in [0.1, 0.15) is 0 Å². The lowest BCUT2D eigenvalue weighted by Gasteiger charge is -2.13. The molecule has 0 atom stereocenters. The van der Waals surface area contributed by atoms with Crippen LogP contribution in [0.4, 0.5) is 5.82 Å². The molecule has 7 nitrogen and oxygen atoms in total. The number of benzene rings is 2. The van der Waals surface area contributed by atoms with Crippen LogP contribution in [0.5, 0.6) is 0 Å². The zero-order valence-electron chi connectivity index (χ0n) is 20.2. The molecule has 4 aromatic rings. The number of amides is 1. The molecule has 7 heteroatoms. The summed E-state index contributed by atoms with van der Waals surface area (Å²) in [5.41, 5.74) is 6.25. The van der Waals surface area contributed by atoms with E-state index in [9.17, 15) is 9.90 Å². The van der Waals surface area contributed by atoms with E-state index in [1.807, 2.05) is 60.9 Å². The number of carbonyl (C=O) groups is 1. The van der Waals surface area contributed by atoms with Gasteiger partial charge in [0.15, 0.2) is 11.5 Å². The number of anilines is 1. The summed E-state index contributed by atoms with van der Waals surface area (Å²) in [6, 6.07) is 16.1. The fourth-order valence-corrected chi connectivity index (χ4v) is 4.02. The topological polar surface area (TPSA) is 91.5 Å². The number of nitrogens with one attached hydrogen (secondary N) is 2. The first-order valence-corrected chi connectivity index (χ1v) is 12.3. The summed E-state index contributed by atoms with van der Waals surface area (Å²) >= 11 is 0.